The van der Waals surface area contributed by atoms with Gasteiger partial charge in [-0.25, -0.2) is 4.79 Å². The number of carbonyl (C=O) groups excluding carboxylic acids is 2. The Morgan fingerprint density at radius 3 is 2.39 bits per heavy atom. The molecule has 2 fully saturated rings. The van der Waals surface area contributed by atoms with Crippen molar-refractivity contribution in [1.29, 1.82) is 0 Å². The molecule has 0 radical (unpaired) electrons. The summed E-state index contributed by atoms with van der Waals surface area (Å²) in [5.74, 6) is -2.22. The number of aromatic carboxylic acids is 1. The molecule has 3 rings (SSSR count). The molecule has 0 bridgehead atoms. The van der Waals surface area contributed by atoms with Gasteiger partial charge >= 0.3 is 5.97 Å². The van der Waals surface area contributed by atoms with E-state index < -0.39 is 22.5 Å². The molecule has 0 spiro atoms. The van der Waals surface area contributed by atoms with E-state index in [0.717, 1.165) is 18.2 Å². The number of morpholine rings is 1. The minimum atomic E-state index is -1.35. The molecule has 0 aliphatic carbocycles. The number of carboxylic acid groups (broad SMARTS) is 1. The molecule has 28 heavy (non-hydrogen) atoms. The summed E-state index contributed by atoms with van der Waals surface area (Å²) in [4.78, 5) is 50.3. The zero-order valence-electron chi connectivity index (χ0n) is 15.2. The maximum absolute atomic E-state index is 12.9. The molecule has 10 heteroatoms. The number of hydrogen-bond acceptors (Lipinski definition) is 6. The van der Waals surface area contributed by atoms with Crippen molar-refractivity contribution >= 4 is 23.5 Å². The molecule has 2 saturated heterocycles. The highest BCUT2D eigenvalue weighted by Crippen LogP contribution is 2.24. The largest absolute Gasteiger partial charge is 0.478 e. The van der Waals surface area contributed by atoms with Crippen LogP contribution in [0.15, 0.2) is 18.2 Å². The highest BCUT2D eigenvalue weighted by Gasteiger charge is 2.32. The number of likely N-dealkylation sites (tertiary alicyclic amines) is 1. The Morgan fingerprint density at radius 1 is 1.07 bits per heavy atom. The van der Waals surface area contributed by atoms with E-state index in [2.05, 4.69) is 0 Å². The van der Waals surface area contributed by atoms with Gasteiger partial charge in [0.25, 0.3) is 11.6 Å². The van der Waals surface area contributed by atoms with Crippen LogP contribution in [0.2, 0.25) is 0 Å². The van der Waals surface area contributed by atoms with Gasteiger partial charge in [-0.2, -0.15) is 0 Å². The number of nitrogens with zero attached hydrogens (tertiary/aromatic N) is 3. The Labute approximate surface area is 160 Å². The third kappa shape index (κ3) is 4.28. The molecule has 2 aliphatic heterocycles. The lowest BCUT2D eigenvalue weighted by Gasteiger charge is -2.36. The molecule has 2 aliphatic rings. The topological polar surface area (TPSA) is 130 Å². The molecule has 150 valence electrons. The Balaban J connectivity index is 1.77. The van der Waals surface area contributed by atoms with Gasteiger partial charge in [0.1, 0.15) is 0 Å². The summed E-state index contributed by atoms with van der Waals surface area (Å²) in [7, 11) is 0. The number of hydrogen-bond donors (Lipinski definition) is 1. The van der Waals surface area contributed by atoms with E-state index in [9.17, 15) is 24.5 Å². The Bertz CT molecular complexity index is 772. The SMILES string of the molecule is O=C(O)c1cc(C(=O)N2CCCC(C(=O)N3CCOCC3)C2)cc([N+](=O)[O-])c1. The van der Waals surface area contributed by atoms with Crippen LogP contribution in [0.3, 0.4) is 0 Å². The maximum atomic E-state index is 12.9. The summed E-state index contributed by atoms with van der Waals surface area (Å²) in [6.45, 7) is 2.66. The summed E-state index contributed by atoms with van der Waals surface area (Å²) in [5.41, 5.74) is -0.845. The van der Waals surface area contributed by atoms with Crippen LogP contribution >= 0.6 is 0 Å². The van der Waals surface area contributed by atoms with Crippen molar-refractivity contribution < 1.29 is 29.2 Å². The van der Waals surface area contributed by atoms with E-state index in [0.29, 0.717) is 45.7 Å². The lowest BCUT2D eigenvalue weighted by atomic mass is 9.95. The number of nitro benzene ring substituents is 1. The molecular weight excluding hydrogens is 370 g/mol. The fourth-order valence-corrected chi connectivity index (χ4v) is 3.55. The van der Waals surface area contributed by atoms with Gasteiger partial charge in [-0.1, -0.05) is 0 Å². The van der Waals surface area contributed by atoms with Crippen molar-refractivity contribution in [3.63, 3.8) is 0 Å². The lowest BCUT2D eigenvalue weighted by Crippen LogP contribution is -2.49. The second-order valence-corrected chi connectivity index (χ2v) is 6.86. The van der Waals surface area contributed by atoms with E-state index in [1.54, 1.807) is 4.90 Å². The Morgan fingerprint density at radius 2 is 1.75 bits per heavy atom. The molecule has 1 N–H and O–H groups in total. The molecular formula is C18H21N3O7. The average Bonchev–Trinajstić information content (AvgIpc) is 2.73. The molecule has 0 saturated carbocycles. The van der Waals surface area contributed by atoms with Crippen molar-refractivity contribution in [2.75, 3.05) is 39.4 Å². The summed E-state index contributed by atoms with van der Waals surface area (Å²) >= 11 is 0. The van der Waals surface area contributed by atoms with Crippen molar-refractivity contribution in [3.05, 3.63) is 39.4 Å². The molecule has 1 unspecified atom stereocenters. The highest BCUT2D eigenvalue weighted by molar-refractivity contribution is 5.98. The van der Waals surface area contributed by atoms with Crippen LogP contribution in [0.4, 0.5) is 5.69 Å². The zero-order chi connectivity index (χ0) is 20.3. The number of carboxylic acids is 1. The second kappa shape index (κ2) is 8.34. The third-order valence-electron chi connectivity index (χ3n) is 5.00. The Kier molecular flexibility index (Phi) is 5.88. The normalized spacial score (nSPS) is 19.9. The van der Waals surface area contributed by atoms with Gasteiger partial charge in [0.2, 0.25) is 5.91 Å². The van der Waals surface area contributed by atoms with Gasteiger partial charge in [0.05, 0.1) is 29.6 Å². The predicted molar refractivity (Wildman–Crippen MR) is 96.1 cm³/mol. The van der Waals surface area contributed by atoms with Crippen molar-refractivity contribution in [2.24, 2.45) is 5.92 Å². The number of amides is 2. The van der Waals surface area contributed by atoms with Gasteiger partial charge in [-0.05, 0) is 18.9 Å². The molecule has 1 aromatic rings. The van der Waals surface area contributed by atoms with Crippen molar-refractivity contribution in [3.8, 4) is 0 Å². The van der Waals surface area contributed by atoms with Crippen LogP contribution in [0.25, 0.3) is 0 Å². The van der Waals surface area contributed by atoms with Crippen molar-refractivity contribution in [2.45, 2.75) is 12.8 Å². The van der Waals surface area contributed by atoms with Gasteiger partial charge in [0, 0.05) is 43.9 Å². The van der Waals surface area contributed by atoms with Crippen molar-refractivity contribution in [1.82, 2.24) is 9.80 Å². The number of ether oxygens (including phenoxy) is 1. The lowest BCUT2D eigenvalue weighted by molar-refractivity contribution is -0.384. The molecule has 0 aromatic heterocycles. The number of nitro groups is 1. The number of non-ortho nitro benzene ring substituents is 1. The highest BCUT2D eigenvalue weighted by atomic mass is 16.6. The van der Waals surface area contributed by atoms with Crippen LogP contribution in [0.1, 0.15) is 33.6 Å². The number of carbonyl (C=O) groups is 3. The average molecular weight is 391 g/mol. The first-order valence-electron chi connectivity index (χ1n) is 9.05. The number of benzene rings is 1. The summed E-state index contributed by atoms with van der Waals surface area (Å²) in [6.07, 6.45) is 1.29. The molecule has 2 heterocycles. The van der Waals surface area contributed by atoms with Crippen LogP contribution in [0, 0.1) is 16.0 Å². The fraction of sp³-hybridized carbons (Fsp3) is 0.500. The first-order valence-corrected chi connectivity index (χ1v) is 9.05. The van der Waals surface area contributed by atoms with E-state index in [1.165, 1.54) is 4.90 Å². The number of rotatable bonds is 4. The first kappa shape index (κ1) is 19.7. The third-order valence-corrected chi connectivity index (χ3v) is 5.00. The Hall–Kier alpha value is -3.01. The van der Waals surface area contributed by atoms with Gasteiger partial charge in [-0.3, -0.25) is 19.7 Å². The molecule has 1 atom stereocenters. The van der Waals surface area contributed by atoms with Crippen LogP contribution in [-0.2, 0) is 9.53 Å². The minimum Gasteiger partial charge on any atom is -0.478 e. The standard InChI is InChI=1S/C18H21N3O7/c22-16(19-4-6-28-7-5-19)12-2-1-3-20(11-12)17(23)13-8-14(18(24)25)10-15(9-13)21(26)27/h8-10,12H,1-7,11H2,(H,24,25). The van der Waals surface area contributed by atoms with Crippen LogP contribution in [0.5, 0.6) is 0 Å². The molecule has 2 amide bonds. The minimum absolute atomic E-state index is 0.0222. The van der Waals surface area contributed by atoms with Gasteiger partial charge in [-0.15, -0.1) is 0 Å². The summed E-state index contributed by atoms with van der Waals surface area (Å²) in [6, 6.07) is 3.12. The molecule has 1 aromatic carbocycles. The first-order chi connectivity index (χ1) is 13.4. The van der Waals surface area contributed by atoms with E-state index >= 15 is 0 Å². The second-order valence-electron chi connectivity index (χ2n) is 6.86. The summed E-state index contributed by atoms with van der Waals surface area (Å²) < 4.78 is 5.25. The predicted octanol–water partition coefficient (Wildman–Crippen LogP) is 1.00. The molecule has 10 nitrogen and oxygen atoms in total. The quantitative estimate of drug-likeness (QED) is 0.598. The summed E-state index contributed by atoms with van der Waals surface area (Å²) in [5, 5.41) is 20.2. The smallest absolute Gasteiger partial charge is 0.335 e. The van der Waals surface area contributed by atoms with Crippen LogP contribution < -0.4 is 0 Å². The monoisotopic (exact) mass is 391 g/mol. The van der Waals surface area contributed by atoms with E-state index in [4.69, 9.17) is 9.84 Å². The fourth-order valence-electron chi connectivity index (χ4n) is 3.55. The zero-order valence-corrected chi connectivity index (χ0v) is 15.2. The number of piperidine rings is 1. The van der Waals surface area contributed by atoms with Gasteiger partial charge in [0.15, 0.2) is 0 Å². The van der Waals surface area contributed by atoms with Crippen LogP contribution in [-0.4, -0.2) is 77.0 Å². The van der Waals surface area contributed by atoms with E-state index in [1.807, 2.05) is 0 Å². The van der Waals surface area contributed by atoms with Gasteiger partial charge < -0.3 is 19.6 Å². The van der Waals surface area contributed by atoms with E-state index in [-0.39, 0.29) is 29.5 Å². The maximum Gasteiger partial charge on any atom is 0.335 e.